The van der Waals surface area contributed by atoms with Crippen LogP contribution in [-0.2, 0) is 14.3 Å². The Morgan fingerprint density at radius 2 is 1.95 bits per heavy atom. The van der Waals surface area contributed by atoms with E-state index >= 15 is 0 Å². The van der Waals surface area contributed by atoms with Crippen molar-refractivity contribution in [3.05, 3.63) is 0 Å². The summed E-state index contributed by atoms with van der Waals surface area (Å²) in [7, 11) is 1.59. The average Bonchev–Trinajstić information content (AvgIpc) is 3.27. The van der Waals surface area contributed by atoms with Crippen LogP contribution in [0.1, 0.15) is 44.9 Å². The summed E-state index contributed by atoms with van der Waals surface area (Å²) in [6.45, 7) is 1.60. The molecule has 1 aliphatic heterocycles. The molecule has 0 aromatic heterocycles. The van der Waals surface area contributed by atoms with Crippen LogP contribution >= 0.6 is 0 Å². The minimum Gasteiger partial charge on any atom is -0.481 e. The van der Waals surface area contributed by atoms with Crippen LogP contribution < -0.4 is 0 Å². The van der Waals surface area contributed by atoms with Crippen molar-refractivity contribution < 1.29 is 19.4 Å². The summed E-state index contributed by atoms with van der Waals surface area (Å²) in [4.78, 5) is 25.4. The molecule has 5 heteroatoms. The quantitative estimate of drug-likeness (QED) is 0.775. The summed E-state index contributed by atoms with van der Waals surface area (Å²) in [5.74, 6) is 0.214. The standard InChI is InChI=1S/C15H25NO4/c1-20-11-8-15(14(18)19)6-9-16(10-7-15)13(17)5-4-12-2-3-12/h12H,2-11H2,1H3,(H,18,19). The number of methoxy groups -OCH3 is 1. The number of nitrogens with zero attached hydrogens (tertiary/aromatic N) is 1. The highest BCUT2D eigenvalue weighted by molar-refractivity contribution is 5.78. The number of hydrogen-bond donors (Lipinski definition) is 1. The molecule has 2 fully saturated rings. The van der Waals surface area contributed by atoms with Crippen molar-refractivity contribution >= 4 is 11.9 Å². The molecule has 1 amide bonds. The van der Waals surface area contributed by atoms with E-state index in [0.29, 0.717) is 45.4 Å². The number of rotatable bonds is 7. The molecule has 2 aliphatic rings. The fraction of sp³-hybridized carbons (Fsp3) is 0.867. The highest BCUT2D eigenvalue weighted by atomic mass is 16.5. The molecule has 5 nitrogen and oxygen atoms in total. The maximum absolute atomic E-state index is 12.1. The molecule has 1 heterocycles. The highest BCUT2D eigenvalue weighted by Gasteiger charge is 2.42. The summed E-state index contributed by atoms with van der Waals surface area (Å²) in [5.41, 5.74) is -0.705. The Hall–Kier alpha value is -1.10. The van der Waals surface area contributed by atoms with Crippen LogP contribution in [0.2, 0.25) is 0 Å². The van der Waals surface area contributed by atoms with Gasteiger partial charge in [-0.2, -0.15) is 0 Å². The first kappa shape index (κ1) is 15.3. The number of amides is 1. The van der Waals surface area contributed by atoms with E-state index in [0.717, 1.165) is 12.3 Å². The number of aliphatic carboxylic acids is 1. The third-order valence-corrected chi connectivity index (χ3v) is 4.78. The lowest BCUT2D eigenvalue weighted by Crippen LogP contribution is -2.47. The van der Waals surface area contributed by atoms with Gasteiger partial charge in [-0.15, -0.1) is 0 Å². The van der Waals surface area contributed by atoms with Crippen molar-refractivity contribution in [1.29, 1.82) is 0 Å². The van der Waals surface area contributed by atoms with Gasteiger partial charge in [0.1, 0.15) is 0 Å². The fourth-order valence-corrected chi connectivity index (χ4v) is 2.94. The molecule has 20 heavy (non-hydrogen) atoms. The normalized spacial score (nSPS) is 21.8. The van der Waals surface area contributed by atoms with Gasteiger partial charge in [-0.25, -0.2) is 0 Å². The molecule has 2 rings (SSSR count). The third-order valence-electron chi connectivity index (χ3n) is 4.78. The number of ether oxygens (including phenoxy) is 1. The zero-order chi connectivity index (χ0) is 14.6. The lowest BCUT2D eigenvalue weighted by atomic mass is 9.76. The number of carbonyl (C=O) groups is 2. The molecule has 0 aromatic rings. The Bertz CT molecular complexity index is 357. The Balaban J connectivity index is 1.82. The maximum atomic E-state index is 12.1. The van der Waals surface area contributed by atoms with Crippen LogP contribution in [0.25, 0.3) is 0 Å². The van der Waals surface area contributed by atoms with Gasteiger partial charge < -0.3 is 14.7 Å². The van der Waals surface area contributed by atoms with Gasteiger partial charge in [-0.1, -0.05) is 12.8 Å². The van der Waals surface area contributed by atoms with Crippen LogP contribution in [0.5, 0.6) is 0 Å². The molecule has 0 radical (unpaired) electrons. The van der Waals surface area contributed by atoms with Crippen molar-refractivity contribution in [3.63, 3.8) is 0 Å². The molecule has 0 bridgehead atoms. The molecule has 1 saturated carbocycles. The molecular weight excluding hydrogens is 258 g/mol. The second kappa shape index (κ2) is 6.57. The molecular formula is C15H25NO4. The summed E-state index contributed by atoms with van der Waals surface area (Å²) in [6, 6.07) is 0. The van der Waals surface area contributed by atoms with Crippen LogP contribution in [0.4, 0.5) is 0 Å². The van der Waals surface area contributed by atoms with Crippen molar-refractivity contribution in [3.8, 4) is 0 Å². The van der Waals surface area contributed by atoms with E-state index in [1.165, 1.54) is 12.8 Å². The number of likely N-dealkylation sites (tertiary alicyclic amines) is 1. The first-order valence-electron chi connectivity index (χ1n) is 7.57. The average molecular weight is 283 g/mol. The molecule has 0 unspecified atom stereocenters. The summed E-state index contributed by atoms with van der Waals surface area (Å²) in [5, 5.41) is 9.47. The lowest BCUT2D eigenvalue weighted by Gasteiger charge is -2.39. The topological polar surface area (TPSA) is 66.8 Å². The van der Waals surface area contributed by atoms with Crippen molar-refractivity contribution in [1.82, 2.24) is 4.90 Å². The predicted octanol–water partition coefficient (Wildman–Crippen LogP) is 1.91. The van der Waals surface area contributed by atoms with E-state index in [1.807, 2.05) is 4.90 Å². The lowest BCUT2D eigenvalue weighted by molar-refractivity contribution is -0.155. The Kier molecular flexibility index (Phi) is 5.02. The van der Waals surface area contributed by atoms with Gasteiger partial charge in [-0.3, -0.25) is 9.59 Å². The van der Waals surface area contributed by atoms with E-state index in [-0.39, 0.29) is 5.91 Å². The zero-order valence-electron chi connectivity index (χ0n) is 12.3. The van der Waals surface area contributed by atoms with Gasteiger partial charge in [-0.05, 0) is 31.6 Å². The SMILES string of the molecule is COCCC1(C(=O)O)CCN(C(=O)CCC2CC2)CC1. The number of carboxylic acid groups (broad SMARTS) is 1. The first-order chi connectivity index (χ1) is 9.57. The van der Waals surface area contributed by atoms with E-state index in [9.17, 15) is 14.7 Å². The largest absolute Gasteiger partial charge is 0.481 e. The number of hydrogen-bond acceptors (Lipinski definition) is 3. The molecule has 0 aromatic carbocycles. The van der Waals surface area contributed by atoms with Gasteiger partial charge in [0, 0.05) is 33.2 Å². The molecule has 0 atom stereocenters. The molecule has 1 saturated heterocycles. The maximum Gasteiger partial charge on any atom is 0.309 e. The summed E-state index contributed by atoms with van der Waals surface area (Å²) < 4.78 is 5.02. The Morgan fingerprint density at radius 3 is 2.45 bits per heavy atom. The number of carbonyl (C=O) groups excluding carboxylic acids is 1. The number of carboxylic acids is 1. The van der Waals surface area contributed by atoms with Gasteiger partial charge >= 0.3 is 5.97 Å². The minimum absolute atomic E-state index is 0.197. The molecule has 0 spiro atoms. The van der Waals surface area contributed by atoms with E-state index in [2.05, 4.69) is 0 Å². The Morgan fingerprint density at radius 1 is 1.30 bits per heavy atom. The summed E-state index contributed by atoms with van der Waals surface area (Å²) in [6.07, 6.45) is 5.79. The van der Waals surface area contributed by atoms with Gasteiger partial charge in [0.25, 0.3) is 0 Å². The van der Waals surface area contributed by atoms with Crippen LogP contribution in [0, 0.1) is 11.3 Å². The second-order valence-corrected chi connectivity index (χ2v) is 6.19. The van der Waals surface area contributed by atoms with Crippen molar-refractivity contribution in [2.75, 3.05) is 26.8 Å². The summed E-state index contributed by atoms with van der Waals surface area (Å²) >= 11 is 0. The second-order valence-electron chi connectivity index (χ2n) is 6.19. The third kappa shape index (κ3) is 3.72. The van der Waals surface area contributed by atoms with Crippen LogP contribution in [0.3, 0.4) is 0 Å². The van der Waals surface area contributed by atoms with Gasteiger partial charge in [0.2, 0.25) is 5.91 Å². The predicted molar refractivity (Wildman–Crippen MR) is 74.3 cm³/mol. The van der Waals surface area contributed by atoms with E-state index in [1.54, 1.807) is 7.11 Å². The fourth-order valence-electron chi connectivity index (χ4n) is 2.94. The Labute approximate surface area is 120 Å². The monoisotopic (exact) mass is 283 g/mol. The highest BCUT2D eigenvalue weighted by Crippen LogP contribution is 2.37. The first-order valence-corrected chi connectivity index (χ1v) is 7.57. The van der Waals surface area contributed by atoms with Crippen molar-refractivity contribution in [2.45, 2.75) is 44.9 Å². The van der Waals surface area contributed by atoms with E-state index in [4.69, 9.17) is 4.74 Å². The van der Waals surface area contributed by atoms with E-state index < -0.39 is 11.4 Å². The minimum atomic E-state index is -0.750. The number of piperidine rings is 1. The van der Waals surface area contributed by atoms with Crippen molar-refractivity contribution in [2.24, 2.45) is 11.3 Å². The smallest absolute Gasteiger partial charge is 0.309 e. The molecule has 114 valence electrons. The molecule has 1 aliphatic carbocycles. The van der Waals surface area contributed by atoms with Crippen LogP contribution in [0.15, 0.2) is 0 Å². The van der Waals surface area contributed by atoms with Gasteiger partial charge in [0.15, 0.2) is 0 Å². The zero-order valence-corrected chi connectivity index (χ0v) is 12.3. The van der Waals surface area contributed by atoms with Crippen LogP contribution in [-0.4, -0.2) is 48.7 Å². The molecule has 1 N–H and O–H groups in total. The van der Waals surface area contributed by atoms with Gasteiger partial charge in [0.05, 0.1) is 5.41 Å².